The molecule has 1 aliphatic rings. The number of nitrogens with one attached hydrogen (secondary N) is 1. The molecule has 0 aromatic carbocycles. The zero-order chi connectivity index (χ0) is 8.81. The van der Waals surface area contributed by atoms with Crippen molar-refractivity contribution < 1.29 is 4.74 Å². The second-order valence-electron chi connectivity index (χ2n) is 3.69. The summed E-state index contributed by atoms with van der Waals surface area (Å²) in [5.41, 5.74) is 0. The van der Waals surface area contributed by atoms with Gasteiger partial charge < -0.3 is 10.1 Å². The quantitative estimate of drug-likeness (QED) is 0.617. The summed E-state index contributed by atoms with van der Waals surface area (Å²) in [4.78, 5) is 0. The van der Waals surface area contributed by atoms with E-state index in [1.165, 1.54) is 25.7 Å². The Morgan fingerprint density at radius 2 is 2.25 bits per heavy atom. The average molecular weight is 171 g/mol. The van der Waals surface area contributed by atoms with E-state index in [-0.39, 0.29) is 0 Å². The maximum absolute atomic E-state index is 5.61. The summed E-state index contributed by atoms with van der Waals surface area (Å²) < 4.78 is 5.61. The lowest BCUT2D eigenvalue weighted by molar-refractivity contribution is 0.00363. The molecule has 2 heteroatoms. The van der Waals surface area contributed by atoms with Gasteiger partial charge in [-0.1, -0.05) is 6.92 Å². The van der Waals surface area contributed by atoms with Gasteiger partial charge in [-0.3, -0.25) is 0 Å². The summed E-state index contributed by atoms with van der Waals surface area (Å²) in [7, 11) is 0. The number of rotatable bonds is 6. The van der Waals surface area contributed by atoms with Crippen molar-refractivity contribution in [3.8, 4) is 0 Å². The molecule has 0 amide bonds. The van der Waals surface area contributed by atoms with E-state index in [1.54, 1.807) is 0 Å². The van der Waals surface area contributed by atoms with E-state index < -0.39 is 0 Å². The van der Waals surface area contributed by atoms with E-state index in [0.29, 0.717) is 12.1 Å². The van der Waals surface area contributed by atoms with Crippen molar-refractivity contribution in [3.05, 3.63) is 0 Å². The Morgan fingerprint density at radius 1 is 1.50 bits per heavy atom. The summed E-state index contributed by atoms with van der Waals surface area (Å²) in [6.45, 7) is 6.30. The minimum Gasteiger partial charge on any atom is -0.377 e. The zero-order valence-corrected chi connectivity index (χ0v) is 8.31. The molecule has 1 fully saturated rings. The van der Waals surface area contributed by atoms with Crippen LogP contribution in [0.5, 0.6) is 0 Å². The van der Waals surface area contributed by atoms with Crippen LogP contribution in [-0.2, 0) is 4.74 Å². The molecule has 0 aromatic heterocycles. The predicted molar refractivity (Wildman–Crippen MR) is 51.3 cm³/mol. The molecule has 0 spiro atoms. The number of hydrogen-bond donors (Lipinski definition) is 1. The number of ether oxygens (including phenoxy) is 1. The van der Waals surface area contributed by atoms with Gasteiger partial charge in [-0.05, 0) is 32.6 Å². The lowest BCUT2D eigenvalue weighted by atomic mass is 9.96. The Kier molecular flexibility index (Phi) is 4.62. The fourth-order valence-corrected chi connectivity index (χ4v) is 1.21. The van der Waals surface area contributed by atoms with Crippen molar-refractivity contribution in [1.29, 1.82) is 0 Å². The second-order valence-corrected chi connectivity index (χ2v) is 3.69. The van der Waals surface area contributed by atoms with Crippen LogP contribution >= 0.6 is 0 Å². The monoisotopic (exact) mass is 171 g/mol. The highest BCUT2D eigenvalue weighted by atomic mass is 16.5. The lowest BCUT2D eigenvalue weighted by Crippen LogP contribution is -2.31. The van der Waals surface area contributed by atoms with Crippen LogP contribution in [0.4, 0.5) is 0 Å². The summed E-state index contributed by atoms with van der Waals surface area (Å²) in [5, 5.41) is 3.41. The van der Waals surface area contributed by atoms with E-state index >= 15 is 0 Å². The summed E-state index contributed by atoms with van der Waals surface area (Å²) >= 11 is 0. The number of hydrogen-bond acceptors (Lipinski definition) is 2. The van der Waals surface area contributed by atoms with Crippen molar-refractivity contribution in [2.75, 3.05) is 13.2 Å². The fourth-order valence-electron chi connectivity index (χ4n) is 1.21. The first-order valence-electron chi connectivity index (χ1n) is 5.18. The fraction of sp³-hybridized carbons (Fsp3) is 1.00. The van der Waals surface area contributed by atoms with E-state index in [0.717, 1.165) is 13.2 Å². The summed E-state index contributed by atoms with van der Waals surface area (Å²) in [6.07, 6.45) is 5.71. The SMILES string of the molecule is CCC(C)NCCOC1CCC1. The largest absolute Gasteiger partial charge is 0.377 e. The highest BCUT2D eigenvalue weighted by Crippen LogP contribution is 2.21. The molecule has 1 N–H and O–H groups in total. The van der Waals surface area contributed by atoms with Gasteiger partial charge in [0.05, 0.1) is 12.7 Å². The van der Waals surface area contributed by atoms with Crippen LogP contribution in [0.1, 0.15) is 39.5 Å². The maximum Gasteiger partial charge on any atom is 0.0594 e. The van der Waals surface area contributed by atoms with Crippen LogP contribution in [0.15, 0.2) is 0 Å². The normalized spacial score (nSPS) is 20.5. The molecule has 1 rings (SSSR count). The topological polar surface area (TPSA) is 21.3 Å². The molecule has 0 radical (unpaired) electrons. The molecule has 1 atom stereocenters. The predicted octanol–water partition coefficient (Wildman–Crippen LogP) is 1.94. The second kappa shape index (κ2) is 5.55. The van der Waals surface area contributed by atoms with Crippen molar-refractivity contribution in [3.63, 3.8) is 0 Å². The molecule has 0 aliphatic heterocycles. The maximum atomic E-state index is 5.61. The Bertz CT molecular complexity index is 106. The van der Waals surface area contributed by atoms with Gasteiger partial charge in [0, 0.05) is 12.6 Å². The van der Waals surface area contributed by atoms with E-state index in [1.807, 2.05) is 0 Å². The van der Waals surface area contributed by atoms with Crippen molar-refractivity contribution in [1.82, 2.24) is 5.32 Å². The molecule has 0 aromatic rings. The molecular weight excluding hydrogens is 150 g/mol. The Hall–Kier alpha value is -0.0800. The lowest BCUT2D eigenvalue weighted by Gasteiger charge is -2.25. The first-order valence-corrected chi connectivity index (χ1v) is 5.18. The minimum absolute atomic E-state index is 0.587. The Labute approximate surface area is 75.7 Å². The molecular formula is C10H21NO. The van der Waals surface area contributed by atoms with Crippen LogP contribution in [-0.4, -0.2) is 25.3 Å². The first kappa shape index (κ1) is 10.0. The van der Waals surface area contributed by atoms with Crippen LogP contribution in [0.25, 0.3) is 0 Å². The van der Waals surface area contributed by atoms with Gasteiger partial charge in [-0.25, -0.2) is 0 Å². The van der Waals surface area contributed by atoms with Gasteiger partial charge in [0.2, 0.25) is 0 Å². The van der Waals surface area contributed by atoms with Gasteiger partial charge in [-0.2, -0.15) is 0 Å². The molecule has 0 heterocycles. The molecule has 2 nitrogen and oxygen atoms in total. The van der Waals surface area contributed by atoms with Crippen molar-refractivity contribution in [2.45, 2.75) is 51.7 Å². The summed E-state index contributed by atoms with van der Waals surface area (Å²) in [5.74, 6) is 0. The highest BCUT2D eigenvalue weighted by molar-refractivity contribution is 4.69. The van der Waals surface area contributed by atoms with E-state index in [9.17, 15) is 0 Å². The smallest absolute Gasteiger partial charge is 0.0594 e. The third-order valence-corrected chi connectivity index (χ3v) is 2.61. The van der Waals surface area contributed by atoms with Crippen molar-refractivity contribution in [2.24, 2.45) is 0 Å². The molecule has 72 valence electrons. The van der Waals surface area contributed by atoms with Crippen molar-refractivity contribution >= 4 is 0 Å². The van der Waals surface area contributed by atoms with E-state index in [2.05, 4.69) is 19.2 Å². The molecule has 1 saturated carbocycles. The molecule has 1 unspecified atom stereocenters. The molecule has 12 heavy (non-hydrogen) atoms. The van der Waals surface area contributed by atoms with Gasteiger partial charge in [0.25, 0.3) is 0 Å². The summed E-state index contributed by atoms with van der Waals surface area (Å²) in [6, 6.07) is 0.634. The van der Waals surface area contributed by atoms with E-state index in [4.69, 9.17) is 4.74 Å². The van der Waals surface area contributed by atoms with Gasteiger partial charge >= 0.3 is 0 Å². The van der Waals surface area contributed by atoms with Gasteiger partial charge in [0.1, 0.15) is 0 Å². The minimum atomic E-state index is 0.587. The Balaban J connectivity index is 1.82. The molecule has 1 aliphatic carbocycles. The van der Waals surface area contributed by atoms with Gasteiger partial charge in [-0.15, -0.1) is 0 Å². The highest BCUT2D eigenvalue weighted by Gasteiger charge is 2.16. The standard InChI is InChI=1S/C10H21NO/c1-3-9(2)11-7-8-12-10-5-4-6-10/h9-11H,3-8H2,1-2H3. The van der Waals surface area contributed by atoms with Crippen LogP contribution in [0.3, 0.4) is 0 Å². The van der Waals surface area contributed by atoms with Gasteiger partial charge in [0.15, 0.2) is 0 Å². The average Bonchev–Trinajstić information content (AvgIpc) is 2.00. The third-order valence-electron chi connectivity index (χ3n) is 2.61. The van der Waals surface area contributed by atoms with Crippen LogP contribution < -0.4 is 5.32 Å². The third kappa shape index (κ3) is 3.55. The Morgan fingerprint density at radius 3 is 2.75 bits per heavy atom. The first-order chi connectivity index (χ1) is 5.83. The van der Waals surface area contributed by atoms with Crippen LogP contribution in [0.2, 0.25) is 0 Å². The van der Waals surface area contributed by atoms with Crippen LogP contribution in [0, 0.1) is 0 Å². The zero-order valence-electron chi connectivity index (χ0n) is 8.31. The molecule has 0 saturated heterocycles. The molecule has 0 bridgehead atoms.